The SMILES string of the molecule is CCOc1cccc([C@@H](NC)[C@H](NC)c2cccc(OCC)c2)c1. The summed E-state index contributed by atoms with van der Waals surface area (Å²) < 4.78 is 11.3. The second-order valence-electron chi connectivity index (χ2n) is 5.54. The molecule has 2 aromatic carbocycles. The van der Waals surface area contributed by atoms with E-state index in [-0.39, 0.29) is 12.1 Å². The maximum absolute atomic E-state index is 5.64. The van der Waals surface area contributed by atoms with Crippen LogP contribution in [0.2, 0.25) is 0 Å². The molecule has 0 saturated carbocycles. The smallest absolute Gasteiger partial charge is 0.119 e. The molecule has 2 aromatic rings. The molecule has 24 heavy (non-hydrogen) atoms. The van der Waals surface area contributed by atoms with Crippen LogP contribution < -0.4 is 20.1 Å². The van der Waals surface area contributed by atoms with Gasteiger partial charge >= 0.3 is 0 Å². The van der Waals surface area contributed by atoms with Crippen LogP contribution in [0.1, 0.15) is 37.1 Å². The Morgan fingerprint density at radius 3 is 1.50 bits per heavy atom. The lowest BCUT2D eigenvalue weighted by atomic mass is 9.93. The Bertz CT molecular complexity index is 575. The van der Waals surface area contributed by atoms with Gasteiger partial charge in [0.05, 0.1) is 25.3 Å². The number of hydrogen-bond donors (Lipinski definition) is 2. The molecule has 0 unspecified atom stereocenters. The van der Waals surface area contributed by atoms with E-state index in [2.05, 4.69) is 34.9 Å². The van der Waals surface area contributed by atoms with Crippen molar-refractivity contribution >= 4 is 0 Å². The van der Waals surface area contributed by atoms with E-state index in [1.807, 2.05) is 52.2 Å². The first-order chi connectivity index (χ1) is 11.7. The Morgan fingerprint density at radius 1 is 0.750 bits per heavy atom. The standard InChI is InChI=1S/C20H28N2O2/c1-5-23-17-11-7-9-15(13-17)19(21-3)20(22-4)16-10-8-12-18(14-16)24-6-2/h7-14,19-22H,5-6H2,1-4H3/t19-,20-/m1/s1. The number of nitrogens with one attached hydrogen (secondary N) is 2. The van der Waals surface area contributed by atoms with Gasteiger partial charge in [-0.2, -0.15) is 0 Å². The lowest BCUT2D eigenvalue weighted by molar-refractivity contribution is 0.337. The van der Waals surface area contributed by atoms with Crippen LogP contribution in [0.25, 0.3) is 0 Å². The van der Waals surface area contributed by atoms with E-state index < -0.39 is 0 Å². The Labute approximate surface area is 145 Å². The van der Waals surface area contributed by atoms with E-state index in [4.69, 9.17) is 9.47 Å². The first kappa shape index (κ1) is 18.3. The third-order valence-corrected chi connectivity index (χ3v) is 4.01. The predicted octanol–water partition coefficient (Wildman–Crippen LogP) is 3.71. The monoisotopic (exact) mass is 328 g/mol. The summed E-state index contributed by atoms with van der Waals surface area (Å²) in [7, 11) is 3.96. The van der Waals surface area contributed by atoms with Crippen molar-refractivity contribution in [3.8, 4) is 11.5 Å². The fraction of sp³-hybridized carbons (Fsp3) is 0.400. The van der Waals surface area contributed by atoms with Gasteiger partial charge in [-0.25, -0.2) is 0 Å². The second-order valence-corrected chi connectivity index (χ2v) is 5.54. The minimum absolute atomic E-state index is 0.118. The highest BCUT2D eigenvalue weighted by atomic mass is 16.5. The first-order valence-electron chi connectivity index (χ1n) is 8.53. The maximum Gasteiger partial charge on any atom is 0.119 e. The molecule has 2 N–H and O–H groups in total. The quantitative estimate of drug-likeness (QED) is 0.736. The zero-order valence-electron chi connectivity index (χ0n) is 15.0. The number of benzene rings is 2. The Hall–Kier alpha value is -2.04. The van der Waals surface area contributed by atoms with Crippen LogP contribution in [-0.2, 0) is 0 Å². The molecular formula is C20H28N2O2. The molecule has 130 valence electrons. The molecule has 0 saturated heterocycles. The molecule has 2 rings (SSSR count). The van der Waals surface area contributed by atoms with E-state index in [1.54, 1.807) is 0 Å². The highest BCUT2D eigenvalue weighted by Crippen LogP contribution is 2.31. The third-order valence-electron chi connectivity index (χ3n) is 4.01. The predicted molar refractivity (Wildman–Crippen MR) is 98.8 cm³/mol. The highest BCUT2D eigenvalue weighted by molar-refractivity contribution is 5.36. The van der Waals surface area contributed by atoms with Gasteiger partial charge < -0.3 is 20.1 Å². The minimum Gasteiger partial charge on any atom is -0.494 e. The van der Waals surface area contributed by atoms with Crippen molar-refractivity contribution in [3.05, 3.63) is 59.7 Å². The fourth-order valence-electron chi connectivity index (χ4n) is 2.98. The fourth-order valence-corrected chi connectivity index (χ4v) is 2.98. The summed E-state index contributed by atoms with van der Waals surface area (Å²) in [5, 5.41) is 6.86. The van der Waals surface area contributed by atoms with Crippen molar-refractivity contribution in [1.29, 1.82) is 0 Å². The average molecular weight is 328 g/mol. The number of likely N-dealkylation sites (N-methyl/N-ethyl adjacent to an activating group) is 2. The average Bonchev–Trinajstić information content (AvgIpc) is 2.60. The van der Waals surface area contributed by atoms with E-state index in [0.29, 0.717) is 13.2 Å². The van der Waals surface area contributed by atoms with Crippen molar-refractivity contribution in [3.63, 3.8) is 0 Å². The van der Waals surface area contributed by atoms with E-state index in [9.17, 15) is 0 Å². The largest absolute Gasteiger partial charge is 0.494 e. The van der Waals surface area contributed by atoms with Crippen molar-refractivity contribution in [1.82, 2.24) is 10.6 Å². The van der Waals surface area contributed by atoms with Crippen LogP contribution in [0.15, 0.2) is 48.5 Å². The first-order valence-corrected chi connectivity index (χ1v) is 8.53. The molecule has 0 aromatic heterocycles. The van der Waals surface area contributed by atoms with Crippen LogP contribution >= 0.6 is 0 Å². The molecule has 0 aliphatic heterocycles. The summed E-state index contributed by atoms with van der Waals surface area (Å²) in [5.74, 6) is 1.79. The van der Waals surface area contributed by atoms with Gasteiger partial charge in [-0.15, -0.1) is 0 Å². The molecule has 0 heterocycles. The molecule has 0 amide bonds. The van der Waals surface area contributed by atoms with Gasteiger partial charge in [0.25, 0.3) is 0 Å². The summed E-state index contributed by atoms with van der Waals surface area (Å²) >= 11 is 0. The van der Waals surface area contributed by atoms with E-state index >= 15 is 0 Å². The van der Waals surface area contributed by atoms with Crippen LogP contribution in [0, 0.1) is 0 Å². The zero-order chi connectivity index (χ0) is 17.4. The maximum atomic E-state index is 5.64. The number of hydrogen-bond acceptors (Lipinski definition) is 4. The zero-order valence-corrected chi connectivity index (χ0v) is 15.0. The third kappa shape index (κ3) is 4.49. The van der Waals surface area contributed by atoms with Gasteiger partial charge in [-0.3, -0.25) is 0 Å². The summed E-state index contributed by atoms with van der Waals surface area (Å²) in [4.78, 5) is 0. The molecule has 0 bridgehead atoms. The van der Waals surface area contributed by atoms with Crippen LogP contribution in [0.5, 0.6) is 11.5 Å². The Balaban J connectivity index is 2.32. The molecule has 0 aliphatic carbocycles. The molecule has 0 fully saturated rings. The summed E-state index contributed by atoms with van der Waals surface area (Å²) in [6, 6.07) is 16.7. The lowest BCUT2D eigenvalue weighted by Gasteiger charge is -2.28. The topological polar surface area (TPSA) is 42.5 Å². The van der Waals surface area contributed by atoms with Gasteiger partial charge in [0.2, 0.25) is 0 Å². The molecule has 2 atom stereocenters. The van der Waals surface area contributed by atoms with E-state index in [0.717, 1.165) is 11.5 Å². The summed E-state index contributed by atoms with van der Waals surface area (Å²) in [6.07, 6.45) is 0. The Kier molecular flexibility index (Phi) is 7.09. The van der Waals surface area contributed by atoms with Gasteiger partial charge in [0.1, 0.15) is 11.5 Å². The van der Waals surface area contributed by atoms with Crippen LogP contribution in [-0.4, -0.2) is 27.3 Å². The van der Waals surface area contributed by atoms with Crippen molar-refractivity contribution in [2.75, 3.05) is 27.3 Å². The van der Waals surface area contributed by atoms with Crippen molar-refractivity contribution in [2.24, 2.45) is 0 Å². The molecule has 0 radical (unpaired) electrons. The van der Waals surface area contributed by atoms with Crippen molar-refractivity contribution in [2.45, 2.75) is 25.9 Å². The molecule has 4 nitrogen and oxygen atoms in total. The summed E-state index contributed by atoms with van der Waals surface area (Å²) in [6.45, 7) is 5.33. The normalized spacial score (nSPS) is 13.3. The second kappa shape index (κ2) is 9.30. The molecule has 4 heteroatoms. The van der Waals surface area contributed by atoms with Gasteiger partial charge in [0, 0.05) is 0 Å². The van der Waals surface area contributed by atoms with Gasteiger partial charge in [-0.1, -0.05) is 24.3 Å². The number of rotatable bonds is 9. The lowest BCUT2D eigenvalue weighted by Crippen LogP contribution is -2.31. The van der Waals surface area contributed by atoms with Gasteiger partial charge in [-0.05, 0) is 63.3 Å². The minimum atomic E-state index is 0.118. The van der Waals surface area contributed by atoms with Crippen molar-refractivity contribution < 1.29 is 9.47 Å². The molecule has 0 aliphatic rings. The van der Waals surface area contributed by atoms with Crippen LogP contribution in [0.4, 0.5) is 0 Å². The van der Waals surface area contributed by atoms with E-state index in [1.165, 1.54) is 11.1 Å². The highest BCUT2D eigenvalue weighted by Gasteiger charge is 2.22. The molecular weight excluding hydrogens is 300 g/mol. The van der Waals surface area contributed by atoms with Gasteiger partial charge in [0.15, 0.2) is 0 Å². The number of ether oxygens (including phenoxy) is 2. The molecule has 0 spiro atoms. The Morgan fingerprint density at radius 2 is 1.17 bits per heavy atom. The van der Waals surface area contributed by atoms with Crippen LogP contribution in [0.3, 0.4) is 0 Å². The summed E-state index contributed by atoms with van der Waals surface area (Å²) in [5.41, 5.74) is 2.37.